The van der Waals surface area contributed by atoms with Gasteiger partial charge in [0.15, 0.2) is 0 Å². The average molecular weight is 376 g/mol. The number of hydrogen-bond donors (Lipinski definition) is 1. The van der Waals surface area contributed by atoms with Crippen molar-refractivity contribution in [1.29, 1.82) is 0 Å². The Bertz CT molecular complexity index is 962. The molecule has 0 saturated carbocycles. The van der Waals surface area contributed by atoms with Crippen molar-refractivity contribution in [2.45, 2.75) is 6.54 Å². The third-order valence-electron chi connectivity index (χ3n) is 5.14. The van der Waals surface area contributed by atoms with E-state index in [4.69, 9.17) is 4.74 Å². The minimum absolute atomic E-state index is 0.0402. The second kappa shape index (κ2) is 8.17. The Morgan fingerprint density at radius 3 is 2.64 bits per heavy atom. The van der Waals surface area contributed by atoms with Crippen LogP contribution >= 0.6 is 0 Å². The van der Waals surface area contributed by atoms with Crippen molar-refractivity contribution >= 4 is 22.6 Å². The summed E-state index contributed by atoms with van der Waals surface area (Å²) in [6.07, 6.45) is 1.83. The van der Waals surface area contributed by atoms with Gasteiger partial charge in [0.1, 0.15) is 5.75 Å². The predicted octanol–water partition coefficient (Wildman–Crippen LogP) is 3.28. The first-order valence-corrected chi connectivity index (χ1v) is 9.49. The van der Waals surface area contributed by atoms with Crippen LogP contribution in [-0.4, -0.2) is 49.2 Å². The number of benzene rings is 2. The van der Waals surface area contributed by atoms with Crippen LogP contribution in [0.4, 0.5) is 10.5 Å². The van der Waals surface area contributed by atoms with Crippen molar-refractivity contribution in [2.24, 2.45) is 0 Å². The van der Waals surface area contributed by atoms with Gasteiger partial charge in [0.25, 0.3) is 0 Å². The number of carbonyl (C=O) groups excluding carboxylic acids is 1. The van der Waals surface area contributed by atoms with Gasteiger partial charge in [-0.15, -0.1) is 0 Å². The van der Waals surface area contributed by atoms with Gasteiger partial charge in [-0.05, 0) is 18.2 Å². The minimum Gasteiger partial charge on any atom is -0.496 e. The van der Waals surface area contributed by atoms with E-state index in [9.17, 15) is 4.79 Å². The van der Waals surface area contributed by atoms with E-state index in [0.29, 0.717) is 19.6 Å². The molecule has 2 amide bonds. The zero-order chi connectivity index (χ0) is 19.3. The highest BCUT2D eigenvalue weighted by Crippen LogP contribution is 2.25. The van der Waals surface area contributed by atoms with Gasteiger partial charge in [-0.3, -0.25) is 4.98 Å². The number of nitrogens with zero attached hydrogens (tertiary/aromatic N) is 3. The topological polar surface area (TPSA) is 57.7 Å². The molecule has 144 valence electrons. The summed E-state index contributed by atoms with van der Waals surface area (Å²) >= 11 is 0. The molecule has 1 aliphatic rings. The van der Waals surface area contributed by atoms with E-state index in [2.05, 4.69) is 39.5 Å². The van der Waals surface area contributed by atoms with Crippen LogP contribution in [-0.2, 0) is 6.54 Å². The smallest absolute Gasteiger partial charge is 0.317 e. The van der Waals surface area contributed by atoms with Gasteiger partial charge in [-0.25, -0.2) is 4.79 Å². The number of nitrogens with one attached hydrogen (secondary N) is 1. The van der Waals surface area contributed by atoms with Crippen LogP contribution in [0.25, 0.3) is 10.9 Å². The highest BCUT2D eigenvalue weighted by atomic mass is 16.5. The number of carbonyl (C=O) groups is 1. The number of fused-ring (bicyclic) bond motifs is 1. The molecule has 28 heavy (non-hydrogen) atoms. The molecule has 1 aliphatic heterocycles. The predicted molar refractivity (Wildman–Crippen MR) is 111 cm³/mol. The number of hydrogen-bond acceptors (Lipinski definition) is 4. The van der Waals surface area contributed by atoms with Crippen LogP contribution in [0.2, 0.25) is 0 Å². The maximum Gasteiger partial charge on any atom is 0.317 e. The number of piperazine rings is 1. The Morgan fingerprint density at radius 2 is 1.82 bits per heavy atom. The molecule has 1 aromatic heterocycles. The lowest BCUT2D eigenvalue weighted by Gasteiger charge is -2.36. The summed E-state index contributed by atoms with van der Waals surface area (Å²) in [7, 11) is 1.64. The largest absolute Gasteiger partial charge is 0.496 e. The number of amides is 2. The molecular formula is C22H24N4O2. The van der Waals surface area contributed by atoms with Crippen LogP contribution in [0.5, 0.6) is 5.75 Å². The SMILES string of the molecule is COc1ccccc1CNC(=O)N1CCN(c2cccc3cccnc23)CC1. The van der Waals surface area contributed by atoms with Gasteiger partial charge in [-0.2, -0.15) is 0 Å². The Balaban J connectivity index is 1.36. The Morgan fingerprint density at radius 1 is 1.04 bits per heavy atom. The van der Waals surface area contributed by atoms with E-state index in [1.165, 1.54) is 0 Å². The lowest BCUT2D eigenvalue weighted by Crippen LogP contribution is -2.51. The van der Waals surface area contributed by atoms with Gasteiger partial charge >= 0.3 is 6.03 Å². The molecule has 1 saturated heterocycles. The fourth-order valence-corrected chi connectivity index (χ4v) is 3.63. The molecule has 2 aromatic carbocycles. The third kappa shape index (κ3) is 3.71. The second-order valence-electron chi connectivity index (χ2n) is 6.80. The molecule has 6 heteroatoms. The van der Waals surface area contributed by atoms with E-state index in [1.54, 1.807) is 7.11 Å². The van der Waals surface area contributed by atoms with Crippen molar-refractivity contribution in [2.75, 3.05) is 38.2 Å². The Labute approximate surface area is 164 Å². The summed E-state index contributed by atoms with van der Waals surface area (Å²) < 4.78 is 5.34. The molecule has 1 N–H and O–H groups in total. The number of pyridine rings is 1. The zero-order valence-electron chi connectivity index (χ0n) is 16.0. The first kappa shape index (κ1) is 18.1. The molecule has 0 bridgehead atoms. The standard InChI is InChI=1S/C22H24N4O2/c1-28-20-10-3-2-6-18(20)16-24-22(27)26-14-12-25(13-15-26)19-9-4-7-17-8-5-11-23-21(17)19/h2-11H,12-16H2,1H3,(H,24,27). The zero-order valence-corrected chi connectivity index (χ0v) is 16.0. The van der Waals surface area contributed by atoms with Gasteiger partial charge in [0, 0.05) is 49.9 Å². The Kier molecular flexibility index (Phi) is 5.28. The van der Waals surface area contributed by atoms with Crippen LogP contribution in [0.15, 0.2) is 60.8 Å². The highest BCUT2D eigenvalue weighted by Gasteiger charge is 2.22. The third-order valence-corrected chi connectivity index (χ3v) is 5.14. The molecular weight excluding hydrogens is 352 g/mol. The number of ether oxygens (including phenoxy) is 1. The van der Waals surface area contributed by atoms with Crippen LogP contribution in [0.3, 0.4) is 0 Å². The van der Waals surface area contributed by atoms with Gasteiger partial charge in [-0.1, -0.05) is 36.4 Å². The van der Waals surface area contributed by atoms with Gasteiger partial charge in [0.2, 0.25) is 0 Å². The number of aromatic nitrogens is 1. The fraction of sp³-hybridized carbons (Fsp3) is 0.273. The van der Waals surface area contributed by atoms with Gasteiger partial charge in [0.05, 0.1) is 18.3 Å². The maximum atomic E-state index is 12.6. The van der Waals surface area contributed by atoms with Crippen LogP contribution in [0.1, 0.15) is 5.56 Å². The molecule has 4 rings (SSSR count). The summed E-state index contributed by atoms with van der Waals surface area (Å²) in [4.78, 5) is 21.3. The summed E-state index contributed by atoms with van der Waals surface area (Å²) in [5.74, 6) is 0.788. The summed E-state index contributed by atoms with van der Waals surface area (Å²) in [5.41, 5.74) is 3.12. The Hall–Kier alpha value is -3.28. The maximum absolute atomic E-state index is 12.6. The lowest BCUT2D eigenvalue weighted by molar-refractivity contribution is 0.194. The molecule has 3 aromatic rings. The fourth-order valence-electron chi connectivity index (χ4n) is 3.63. The molecule has 2 heterocycles. The van der Waals surface area contributed by atoms with Crippen molar-refractivity contribution in [1.82, 2.24) is 15.2 Å². The number of anilines is 1. The second-order valence-corrected chi connectivity index (χ2v) is 6.80. The molecule has 0 radical (unpaired) electrons. The van der Waals surface area contributed by atoms with Crippen molar-refractivity contribution in [3.8, 4) is 5.75 Å². The number of urea groups is 1. The molecule has 0 unspecified atom stereocenters. The average Bonchev–Trinajstić information content (AvgIpc) is 2.77. The molecule has 1 fully saturated rings. The van der Waals surface area contributed by atoms with E-state index in [0.717, 1.165) is 41.0 Å². The number of methoxy groups -OCH3 is 1. The van der Waals surface area contributed by atoms with E-state index in [-0.39, 0.29) is 6.03 Å². The van der Waals surface area contributed by atoms with E-state index >= 15 is 0 Å². The minimum atomic E-state index is -0.0402. The summed E-state index contributed by atoms with van der Waals surface area (Å²) in [6, 6.07) is 18.0. The molecule has 6 nitrogen and oxygen atoms in total. The first-order chi connectivity index (χ1) is 13.8. The lowest BCUT2D eigenvalue weighted by atomic mass is 10.1. The quantitative estimate of drug-likeness (QED) is 0.759. The summed E-state index contributed by atoms with van der Waals surface area (Å²) in [6.45, 7) is 3.40. The van der Waals surface area contributed by atoms with E-state index in [1.807, 2.05) is 41.4 Å². The van der Waals surface area contributed by atoms with Crippen molar-refractivity contribution in [3.05, 3.63) is 66.4 Å². The highest BCUT2D eigenvalue weighted by molar-refractivity contribution is 5.90. The molecule has 0 atom stereocenters. The first-order valence-electron chi connectivity index (χ1n) is 9.49. The molecule has 0 aliphatic carbocycles. The van der Waals surface area contributed by atoms with Crippen molar-refractivity contribution < 1.29 is 9.53 Å². The molecule has 0 spiro atoms. The summed E-state index contributed by atoms with van der Waals surface area (Å²) in [5, 5.41) is 4.14. The number of rotatable bonds is 4. The van der Waals surface area contributed by atoms with Gasteiger partial charge < -0.3 is 19.9 Å². The van der Waals surface area contributed by atoms with Crippen LogP contribution < -0.4 is 15.0 Å². The monoisotopic (exact) mass is 376 g/mol. The normalized spacial score (nSPS) is 14.2. The van der Waals surface area contributed by atoms with E-state index < -0.39 is 0 Å². The number of para-hydroxylation sites is 2. The van der Waals surface area contributed by atoms with Crippen molar-refractivity contribution in [3.63, 3.8) is 0 Å². The van der Waals surface area contributed by atoms with Crippen LogP contribution in [0, 0.1) is 0 Å².